The minimum atomic E-state index is -1.05. The molecule has 0 aromatic heterocycles. The van der Waals surface area contributed by atoms with Gasteiger partial charge in [0.1, 0.15) is 6.61 Å². The van der Waals surface area contributed by atoms with Gasteiger partial charge in [-0.25, -0.2) is 4.79 Å². The van der Waals surface area contributed by atoms with E-state index in [4.69, 9.17) is 9.47 Å². The molecule has 0 heterocycles. The van der Waals surface area contributed by atoms with E-state index in [9.17, 15) is 9.59 Å². The van der Waals surface area contributed by atoms with Crippen LogP contribution in [0.25, 0.3) is 0 Å². The molecule has 1 aliphatic rings. The topological polar surface area (TPSA) is 52.6 Å². The van der Waals surface area contributed by atoms with E-state index in [1.165, 1.54) is 23.6 Å². The third-order valence-electron chi connectivity index (χ3n) is 5.64. The molecular weight excluding hydrogens is 364 g/mol. The Morgan fingerprint density at radius 3 is 2.14 bits per heavy atom. The molecule has 0 bridgehead atoms. The van der Waals surface area contributed by atoms with Gasteiger partial charge in [-0.3, -0.25) is 4.79 Å². The first-order valence-corrected chi connectivity index (χ1v) is 10.0. The summed E-state index contributed by atoms with van der Waals surface area (Å²) in [5.74, 6) is -1.05. The highest BCUT2D eigenvalue weighted by Gasteiger charge is 2.40. The number of hydrogen-bond donors (Lipinski definition) is 0. The van der Waals surface area contributed by atoms with Crippen molar-refractivity contribution in [2.24, 2.45) is 0 Å². The summed E-state index contributed by atoms with van der Waals surface area (Å²) in [6.45, 7) is 5.83. The van der Waals surface area contributed by atoms with E-state index in [0.29, 0.717) is 5.56 Å². The van der Waals surface area contributed by atoms with Crippen LogP contribution in [0.5, 0.6) is 0 Å². The number of carbonyl (C=O) groups excluding carboxylic acids is 2. The number of carbonyl (C=O) groups is 2. The number of hydrogen-bond acceptors (Lipinski definition) is 4. The fourth-order valence-corrected chi connectivity index (χ4v) is 3.98. The lowest BCUT2D eigenvalue weighted by Crippen LogP contribution is -2.32. The van der Waals surface area contributed by atoms with Gasteiger partial charge in [0.2, 0.25) is 6.10 Å². The predicted molar refractivity (Wildman–Crippen MR) is 112 cm³/mol. The zero-order valence-corrected chi connectivity index (χ0v) is 17.3. The molecule has 0 spiro atoms. The number of esters is 2. The highest BCUT2D eigenvalue weighted by Crippen LogP contribution is 2.45. The minimum absolute atomic E-state index is 0.249. The molecule has 0 amide bonds. The second kappa shape index (κ2) is 9.08. The van der Waals surface area contributed by atoms with E-state index >= 15 is 0 Å². The molecule has 1 fully saturated rings. The number of ether oxygens (including phenoxy) is 2. The first kappa shape index (κ1) is 20.8. The van der Waals surface area contributed by atoms with Crippen molar-refractivity contribution in [3.63, 3.8) is 0 Å². The first-order valence-electron chi connectivity index (χ1n) is 10.0. The minimum Gasteiger partial charge on any atom is -0.462 e. The summed E-state index contributed by atoms with van der Waals surface area (Å²) in [7, 11) is 0. The van der Waals surface area contributed by atoms with Gasteiger partial charge >= 0.3 is 11.9 Å². The number of allylic oxidation sites excluding steroid dienone is 2. The SMILES string of the molecule is CC(=O)O[C@H](C(=O)OC[C@]1(c2ccccc2)CCC(=C(C)C)C1)c1ccccc1. The molecule has 2 atom stereocenters. The van der Waals surface area contributed by atoms with Crippen molar-refractivity contribution in [1.82, 2.24) is 0 Å². The molecule has 0 radical (unpaired) electrons. The maximum absolute atomic E-state index is 12.9. The van der Waals surface area contributed by atoms with Crippen LogP contribution in [-0.4, -0.2) is 18.5 Å². The summed E-state index contributed by atoms with van der Waals surface area (Å²) < 4.78 is 11.1. The second-order valence-corrected chi connectivity index (χ2v) is 7.93. The summed E-state index contributed by atoms with van der Waals surface area (Å²) >= 11 is 0. The molecular formula is C25H28O4. The smallest absolute Gasteiger partial charge is 0.352 e. The lowest BCUT2D eigenvalue weighted by Gasteiger charge is -2.30. The van der Waals surface area contributed by atoms with Crippen molar-refractivity contribution in [3.05, 3.63) is 82.9 Å². The van der Waals surface area contributed by atoms with Crippen LogP contribution in [0.3, 0.4) is 0 Å². The van der Waals surface area contributed by atoms with Crippen LogP contribution in [0.4, 0.5) is 0 Å². The lowest BCUT2D eigenvalue weighted by atomic mass is 9.79. The number of benzene rings is 2. The van der Waals surface area contributed by atoms with Gasteiger partial charge in [-0.1, -0.05) is 71.8 Å². The summed E-state index contributed by atoms with van der Waals surface area (Å²) in [6, 6.07) is 19.2. The van der Waals surface area contributed by atoms with Gasteiger partial charge < -0.3 is 9.47 Å². The maximum Gasteiger partial charge on any atom is 0.352 e. The molecule has 4 heteroatoms. The van der Waals surface area contributed by atoms with Crippen molar-refractivity contribution in [1.29, 1.82) is 0 Å². The Morgan fingerprint density at radius 2 is 1.59 bits per heavy atom. The summed E-state index contributed by atoms with van der Waals surface area (Å²) in [5.41, 5.74) is 4.28. The van der Waals surface area contributed by atoms with Crippen molar-refractivity contribution >= 4 is 11.9 Å². The molecule has 1 aliphatic carbocycles. The van der Waals surface area contributed by atoms with Crippen molar-refractivity contribution in [3.8, 4) is 0 Å². The maximum atomic E-state index is 12.9. The first-order chi connectivity index (χ1) is 13.9. The molecule has 0 aliphatic heterocycles. The van der Waals surface area contributed by atoms with E-state index < -0.39 is 18.0 Å². The van der Waals surface area contributed by atoms with Crippen LogP contribution in [0, 0.1) is 0 Å². The lowest BCUT2D eigenvalue weighted by molar-refractivity contribution is -0.168. The van der Waals surface area contributed by atoms with Crippen LogP contribution >= 0.6 is 0 Å². The van der Waals surface area contributed by atoms with Crippen LogP contribution in [-0.2, 0) is 24.5 Å². The van der Waals surface area contributed by atoms with Crippen molar-refractivity contribution in [2.75, 3.05) is 6.61 Å². The molecule has 29 heavy (non-hydrogen) atoms. The molecule has 0 N–H and O–H groups in total. The third kappa shape index (κ3) is 4.94. The Morgan fingerprint density at radius 1 is 0.966 bits per heavy atom. The quantitative estimate of drug-likeness (QED) is 0.495. The van der Waals surface area contributed by atoms with Gasteiger partial charge in [0.05, 0.1) is 0 Å². The van der Waals surface area contributed by atoms with Crippen LogP contribution < -0.4 is 0 Å². The molecule has 2 aromatic carbocycles. The van der Waals surface area contributed by atoms with Crippen LogP contribution in [0.1, 0.15) is 57.3 Å². The molecule has 2 aromatic rings. The average molecular weight is 392 g/mol. The predicted octanol–water partition coefficient (Wildman–Crippen LogP) is 5.29. The summed E-state index contributed by atoms with van der Waals surface area (Å²) in [5, 5.41) is 0. The highest BCUT2D eigenvalue weighted by molar-refractivity contribution is 5.80. The van der Waals surface area contributed by atoms with E-state index in [2.05, 4.69) is 26.0 Å². The van der Waals surface area contributed by atoms with Crippen LogP contribution in [0.2, 0.25) is 0 Å². The molecule has 0 saturated heterocycles. The molecule has 152 valence electrons. The van der Waals surface area contributed by atoms with Gasteiger partial charge in [0.25, 0.3) is 0 Å². The van der Waals surface area contributed by atoms with Gasteiger partial charge in [-0.2, -0.15) is 0 Å². The highest BCUT2D eigenvalue weighted by atomic mass is 16.6. The molecule has 0 unspecified atom stereocenters. The Bertz CT molecular complexity index is 882. The fraction of sp³-hybridized carbons (Fsp3) is 0.360. The van der Waals surface area contributed by atoms with Gasteiger partial charge in [0, 0.05) is 17.9 Å². The van der Waals surface area contributed by atoms with E-state index in [1.54, 1.807) is 12.1 Å². The Kier molecular flexibility index (Phi) is 6.53. The normalized spacial score (nSPS) is 19.5. The van der Waals surface area contributed by atoms with Gasteiger partial charge in [-0.05, 0) is 38.7 Å². The average Bonchev–Trinajstić information content (AvgIpc) is 3.18. The summed E-state index contributed by atoms with van der Waals surface area (Å²) in [4.78, 5) is 24.5. The summed E-state index contributed by atoms with van der Waals surface area (Å²) in [6.07, 6.45) is 1.75. The van der Waals surface area contributed by atoms with Crippen LogP contribution in [0.15, 0.2) is 71.8 Å². The molecule has 4 nitrogen and oxygen atoms in total. The van der Waals surface area contributed by atoms with E-state index in [1.807, 2.05) is 36.4 Å². The standard InChI is InChI=1S/C25H28O4/c1-18(2)21-14-15-25(16-21,22-12-8-5-9-13-22)17-28-24(27)23(29-19(3)26)20-10-6-4-7-11-20/h4-13,23H,14-17H2,1-3H3/t23-,25-/m0/s1. The van der Waals surface area contributed by atoms with Crippen molar-refractivity contribution < 1.29 is 19.1 Å². The van der Waals surface area contributed by atoms with Crippen molar-refractivity contribution in [2.45, 2.75) is 51.6 Å². The van der Waals surface area contributed by atoms with E-state index in [-0.39, 0.29) is 12.0 Å². The molecule has 1 saturated carbocycles. The monoisotopic (exact) mass is 392 g/mol. The third-order valence-corrected chi connectivity index (χ3v) is 5.64. The Labute approximate surface area is 172 Å². The number of rotatable bonds is 6. The Hall–Kier alpha value is -2.88. The zero-order chi connectivity index (χ0) is 20.9. The van der Waals surface area contributed by atoms with Gasteiger partial charge in [-0.15, -0.1) is 0 Å². The second-order valence-electron chi connectivity index (χ2n) is 7.93. The Balaban J connectivity index is 1.82. The fourth-order valence-electron chi connectivity index (χ4n) is 3.98. The zero-order valence-electron chi connectivity index (χ0n) is 17.3. The largest absolute Gasteiger partial charge is 0.462 e. The molecule has 3 rings (SSSR count). The van der Waals surface area contributed by atoms with E-state index in [0.717, 1.165) is 19.3 Å². The van der Waals surface area contributed by atoms with Gasteiger partial charge in [0.15, 0.2) is 0 Å².